The lowest BCUT2D eigenvalue weighted by molar-refractivity contribution is -0.151. The molecule has 0 amide bonds. The number of rotatable bonds is 6. The molecule has 0 saturated carbocycles. The predicted octanol–water partition coefficient (Wildman–Crippen LogP) is 2.94. The maximum atomic E-state index is 11.9. The Balaban J connectivity index is 2.91. The van der Waals surface area contributed by atoms with Crippen molar-refractivity contribution in [3.05, 3.63) is 34.9 Å². The lowest BCUT2D eigenvalue weighted by Gasteiger charge is -2.15. The minimum Gasteiger partial charge on any atom is -0.466 e. The molecule has 4 nitrogen and oxygen atoms in total. The second kappa shape index (κ2) is 7.79. The normalized spacial score (nSPS) is 11.7. The van der Waals surface area contributed by atoms with Crippen LogP contribution in [0.1, 0.15) is 31.7 Å². The van der Waals surface area contributed by atoms with Crippen LogP contribution in [0.4, 0.5) is 0 Å². The average molecular weight is 285 g/mol. The van der Waals surface area contributed by atoms with Gasteiger partial charge in [-0.15, -0.1) is 0 Å². The number of halogens is 1. The Morgan fingerprint density at radius 3 is 2.47 bits per heavy atom. The molecule has 0 fully saturated rings. The van der Waals surface area contributed by atoms with Gasteiger partial charge < -0.3 is 9.47 Å². The fraction of sp³-hybridized carbons (Fsp3) is 0.429. The largest absolute Gasteiger partial charge is 0.466 e. The van der Waals surface area contributed by atoms with Crippen LogP contribution in [0.25, 0.3) is 0 Å². The van der Waals surface area contributed by atoms with E-state index in [1.54, 1.807) is 38.1 Å². The van der Waals surface area contributed by atoms with E-state index in [-0.39, 0.29) is 19.6 Å². The maximum Gasteiger partial charge on any atom is 0.313 e. The molecule has 0 aromatic heterocycles. The molecule has 0 saturated heterocycles. The van der Waals surface area contributed by atoms with Gasteiger partial charge in [0.05, 0.1) is 25.6 Å². The molecule has 1 rings (SSSR count). The number of benzene rings is 1. The summed E-state index contributed by atoms with van der Waals surface area (Å²) in [7, 11) is 0. The highest BCUT2D eigenvalue weighted by molar-refractivity contribution is 6.30. The summed E-state index contributed by atoms with van der Waals surface area (Å²) in [5.74, 6) is -1.56. The third kappa shape index (κ3) is 4.91. The van der Waals surface area contributed by atoms with Crippen LogP contribution < -0.4 is 0 Å². The van der Waals surface area contributed by atoms with Gasteiger partial charge in [0, 0.05) is 5.02 Å². The molecular weight excluding hydrogens is 268 g/mol. The van der Waals surface area contributed by atoms with Gasteiger partial charge in [0.25, 0.3) is 0 Å². The third-order valence-electron chi connectivity index (χ3n) is 2.50. The van der Waals surface area contributed by atoms with Crippen molar-refractivity contribution in [3.63, 3.8) is 0 Å². The van der Waals surface area contributed by atoms with Crippen molar-refractivity contribution < 1.29 is 19.1 Å². The van der Waals surface area contributed by atoms with Gasteiger partial charge in [-0.05, 0) is 31.5 Å². The van der Waals surface area contributed by atoms with Gasteiger partial charge in [-0.2, -0.15) is 0 Å². The quantitative estimate of drug-likeness (QED) is 0.754. The van der Waals surface area contributed by atoms with Gasteiger partial charge in [0.15, 0.2) is 0 Å². The molecule has 1 atom stereocenters. The van der Waals surface area contributed by atoms with E-state index in [1.165, 1.54) is 0 Å². The first-order valence-electron chi connectivity index (χ1n) is 6.16. The van der Waals surface area contributed by atoms with Crippen LogP contribution in [0.3, 0.4) is 0 Å². The van der Waals surface area contributed by atoms with E-state index in [0.29, 0.717) is 10.6 Å². The zero-order valence-electron chi connectivity index (χ0n) is 11.0. The van der Waals surface area contributed by atoms with Crippen LogP contribution in [-0.4, -0.2) is 25.2 Å². The number of esters is 2. The first kappa shape index (κ1) is 15.5. The second-order valence-electron chi connectivity index (χ2n) is 3.87. The smallest absolute Gasteiger partial charge is 0.313 e. The van der Waals surface area contributed by atoms with E-state index in [9.17, 15) is 9.59 Å². The molecule has 0 aliphatic rings. The van der Waals surface area contributed by atoms with E-state index < -0.39 is 17.9 Å². The van der Waals surface area contributed by atoms with Crippen LogP contribution >= 0.6 is 11.6 Å². The van der Waals surface area contributed by atoms with Gasteiger partial charge >= 0.3 is 11.9 Å². The first-order valence-corrected chi connectivity index (χ1v) is 6.54. The summed E-state index contributed by atoms with van der Waals surface area (Å²) in [6, 6.07) is 6.84. The summed E-state index contributed by atoms with van der Waals surface area (Å²) in [6.45, 7) is 3.98. The molecule has 0 bridgehead atoms. The van der Waals surface area contributed by atoms with Gasteiger partial charge in [0.2, 0.25) is 0 Å². The van der Waals surface area contributed by atoms with Crippen molar-refractivity contribution in [1.29, 1.82) is 0 Å². The molecule has 0 N–H and O–H groups in total. The van der Waals surface area contributed by atoms with E-state index >= 15 is 0 Å². The number of carbonyl (C=O) groups excluding carboxylic acids is 2. The van der Waals surface area contributed by atoms with E-state index in [0.717, 1.165) is 0 Å². The van der Waals surface area contributed by atoms with Crippen LogP contribution in [0, 0.1) is 0 Å². The lowest BCUT2D eigenvalue weighted by atomic mass is 9.96. The Bertz CT molecular complexity index is 445. The van der Waals surface area contributed by atoms with Gasteiger partial charge in [-0.25, -0.2) is 0 Å². The molecule has 1 aromatic carbocycles. The van der Waals surface area contributed by atoms with Crippen molar-refractivity contribution in [2.75, 3.05) is 13.2 Å². The molecule has 1 aromatic rings. The minimum absolute atomic E-state index is 0.0486. The number of carbonyl (C=O) groups is 2. The topological polar surface area (TPSA) is 52.6 Å². The zero-order valence-corrected chi connectivity index (χ0v) is 11.8. The summed E-state index contributed by atoms with van der Waals surface area (Å²) in [5.41, 5.74) is 0.652. The summed E-state index contributed by atoms with van der Waals surface area (Å²) in [5, 5.41) is 0.510. The third-order valence-corrected chi connectivity index (χ3v) is 2.73. The summed E-state index contributed by atoms with van der Waals surface area (Å²) < 4.78 is 9.86. The monoisotopic (exact) mass is 284 g/mol. The summed E-state index contributed by atoms with van der Waals surface area (Å²) >= 11 is 5.90. The molecule has 0 spiro atoms. The Morgan fingerprint density at radius 1 is 1.21 bits per heavy atom. The molecule has 0 aliphatic heterocycles. The second-order valence-corrected chi connectivity index (χ2v) is 4.31. The van der Waals surface area contributed by atoms with Crippen molar-refractivity contribution in [2.45, 2.75) is 26.2 Å². The zero-order chi connectivity index (χ0) is 14.3. The molecule has 104 valence electrons. The fourth-order valence-corrected chi connectivity index (χ4v) is 1.89. The molecule has 0 aliphatic carbocycles. The Hall–Kier alpha value is -1.55. The molecule has 19 heavy (non-hydrogen) atoms. The highest BCUT2D eigenvalue weighted by Gasteiger charge is 2.25. The van der Waals surface area contributed by atoms with E-state index in [4.69, 9.17) is 21.1 Å². The van der Waals surface area contributed by atoms with Crippen LogP contribution in [0.5, 0.6) is 0 Å². The first-order chi connectivity index (χ1) is 9.08. The Kier molecular flexibility index (Phi) is 6.36. The van der Waals surface area contributed by atoms with Gasteiger partial charge in [0.1, 0.15) is 0 Å². The fourth-order valence-electron chi connectivity index (χ4n) is 1.69. The molecule has 0 radical (unpaired) electrons. The van der Waals surface area contributed by atoms with Crippen molar-refractivity contribution in [1.82, 2.24) is 0 Å². The lowest BCUT2D eigenvalue weighted by Crippen LogP contribution is -2.20. The van der Waals surface area contributed by atoms with Crippen molar-refractivity contribution in [3.8, 4) is 0 Å². The summed E-state index contributed by atoms with van der Waals surface area (Å²) in [4.78, 5) is 23.5. The van der Waals surface area contributed by atoms with Gasteiger partial charge in [-0.1, -0.05) is 23.7 Å². The predicted molar refractivity (Wildman–Crippen MR) is 72.1 cm³/mol. The molecular formula is C14H17ClO4. The van der Waals surface area contributed by atoms with Crippen LogP contribution in [0.15, 0.2) is 24.3 Å². The van der Waals surface area contributed by atoms with E-state index in [1.807, 2.05) is 0 Å². The Labute approximate surface area is 117 Å². The minimum atomic E-state index is -0.683. The highest BCUT2D eigenvalue weighted by Crippen LogP contribution is 2.24. The number of hydrogen-bond donors (Lipinski definition) is 0. The van der Waals surface area contributed by atoms with Crippen molar-refractivity contribution >= 4 is 23.5 Å². The summed E-state index contributed by atoms with van der Waals surface area (Å²) in [6.07, 6.45) is -0.0486. The maximum absolute atomic E-state index is 11.9. The van der Waals surface area contributed by atoms with Crippen LogP contribution in [-0.2, 0) is 19.1 Å². The molecule has 0 unspecified atom stereocenters. The van der Waals surface area contributed by atoms with Gasteiger partial charge in [-0.3, -0.25) is 9.59 Å². The number of hydrogen-bond acceptors (Lipinski definition) is 4. The SMILES string of the molecule is CCOC(=O)C[C@H](C(=O)OCC)c1cccc(Cl)c1. The standard InChI is InChI=1S/C14H17ClO4/c1-3-18-13(16)9-12(14(17)19-4-2)10-6-5-7-11(15)8-10/h5-8,12H,3-4,9H2,1-2H3/t12-/m0/s1. The average Bonchev–Trinajstić information content (AvgIpc) is 2.36. The number of ether oxygens (including phenoxy) is 2. The molecule has 5 heteroatoms. The van der Waals surface area contributed by atoms with Crippen LogP contribution in [0.2, 0.25) is 5.02 Å². The molecule has 0 heterocycles. The Morgan fingerprint density at radius 2 is 1.89 bits per heavy atom. The van der Waals surface area contributed by atoms with E-state index in [2.05, 4.69) is 0 Å². The highest BCUT2D eigenvalue weighted by atomic mass is 35.5. The van der Waals surface area contributed by atoms with Crippen molar-refractivity contribution in [2.24, 2.45) is 0 Å².